The first-order chi connectivity index (χ1) is 11.1. The summed E-state index contributed by atoms with van der Waals surface area (Å²) < 4.78 is 5.10. The molecule has 5 heteroatoms. The van der Waals surface area contributed by atoms with Crippen molar-refractivity contribution < 1.29 is 14.3 Å². The van der Waals surface area contributed by atoms with E-state index in [1.54, 1.807) is 43.3 Å². The molecule has 0 saturated heterocycles. The molecule has 0 atom stereocenters. The molecule has 0 unspecified atom stereocenters. The van der Waals surface area contributed by atoms with Crippen molar-refractivity contribution in [2.75, 3.05) is 19.5 Å². The van der Waals surface area contributed by atoms with Gasteiger partial charge in [-0.3, -0.25) is 9.59 Å². The lowest BCUT2D eigenvalue weighted by atomic mass is 10.2. The summed E-state index contributed by atoms with van der Waals surface area (Å²) in [5, 5.41) is 2.70. The molecule has 2 aromatic rings. The van der Waals surface area contributed by atoms with Crippen LogP contribution in [0.2, 0.25) is 0 Å². The normalized spacial score (nSPS) is 10.0. The van der Waals surface area contributed by atoms with Gasteiger partial charge in [0.05, 0.1) is 7.11 Å². The van der Waals surface area contributed by atoms with Gasteiger partial charge < -0.3 is 15.0 Å². The monoisotopic (exact) mass is 312 g/mol. The van der Waals surface area contributed by atoms with Crippen LogP contribution >= 0.6 is 0 Å². The number of hydrogen-bond donors (Lipinski definition) is 1. The molecule has 0 aliphatic rings. The van der Waals surface area contributed by atoms with Crippen molar-refractivity contribution in [1.82, 2.24) is 4.90 Å². The first kappa shape index (κ1) is 16.5. The van der Waals surface area contributed by atoms with Gasteiger partial charge >= 0.3 is 0 Å². The minimum Gasteiger partial charge on any atom is -0.497 e. The lowest BCUT2D eigenvalue weighted by Crippen LogP contribution is -2.30. The van der Waals surface area contributed by atoms with Crippen molar-refractivity contribution in [3.05, 3.63) is 60.2 Å². The number of hydrogen-bond acceptors (Lipinski definition) is 3. The van der Waals surface area contributed by atoms with Crippen LogP contribution in [0.5, 0.6) is 5.75 Å². The Morgan fingerprint density at radius 2 is 1.83 bits per heavy atom. The maximum absolute atomic E-state index is 12.1. The Kier molecular flexibility index (Phi) is 5.74. The van der Waals surface area contributed by atoms with E-state index in [0.29, 0.717) is 18.0 Å². The number of carbonyl (C=O) groups excluding carboxylic acids is 2. The van der Waals surface area contributed by atoms with Crippen LogP contribution in [0.4, 0.5) is 5.69 Å². The molecule has 0 bridgehead atoms. The highest BCUT2D eigenvalue weighted by atomic mass is 16.5. The van der Waals surface area contributed by atoms with Crippen LogP contribution in [0.25, 0.3) is 0 Å². The van der Waals surface area contributed by atoms with Gasteiger partial charge in [0.1, 0.15) is 12.2 Å². The summed E-state index contributed by atoms with van der Waals surface area (Å²) in [6, 6.07) is 16.7. The van der Waals surface area contributed by atoms with E-state index in [4.69, 9.17) is 4.74 Å². The molecule has 0 aliphatic carbocycles. The van der Waals surface area contributed by atoms with Crippen LogP contribution < -0.4 is 10.1 Å². The number of benzene rings is 2. The van der Waals surface area contributed by atoms with E-state index in [-0.39, 0.29) is 18.2 Å². The summed E-state index contributed by atoms with van der Waals surface area (Å²) in [6.45, 7) is 0.478. The van der Waals surface area contributed by atoms with E-state index in [1.165, 1.54) is 0 Å². The number of nitrogens with one attached hydrogen (secondary N) is 1. The molecule has 2 amide bonds. The molecule has 0 heterocycles. The Morgan fingerprint density at radius 3 is 2.52 bits per heavy atom. The SMILES string of the molecule is COc1cccc(NC(=O)CC(=O)N(C)Cc2ccccc2)c1. The molecule has 2 aromatic carbocycles. The van der Waals surface area contributed by atoms with Gasteiger partial charge in [-0.15, -0.1) is 0 Å². The molecular weight excluding hydrogens is 292 g/mol. The third-order valence-corrected chi connectivity index (χ3v) is 3.35. The fraction of sp³-hybridized carbons (Fsp3) is 0.222. The van der Waals surface area contributed by atoms with Crippen LogP contribution in [-0.2, 0) is 16.1 Å². The lowest BCUT2D eigenvalue weighted by Gasteiger charge is -2.17. The molecular formula is C18H20N2O3. The smallest absolute Gasteiger partial charge is 0.233 e. The van der Waals surface area contributed by atoms with Crippen LogP contribution in [0.15, 0.2) is 54.6 Å². The summed E-state index contributed by atoms with van der Waals surface area (Å²) in [4.78, 5) is 25.6. The van der Waals surface area contributed by atoms with E-state index in [9.17, 15) is 9.59 Å². The first-order valence-electron chi connectivity index (χ1n) is 7.30. The molecule has 1 N–H and O–H groups in total. The summed E-state index contributed by atoms with van der Waals surface area (Å²) in [5.41, 5.74) is 1.63. The maximum atomic E-state index is 12.1. The van der Waals surface area contributed by atoms with Crippen LogP contribution in [0.3, 0.4) is 0 Å². The van der Waals surface area contributed by atoms with Crippen molar-refractivity contribution in [3.8, 4) is 5.75 Å². The van der Waals surface area contributed by atoms with Crippen molar-refractivity contribution in [3.63, 3.8) is 0 Å². The van der Waals surface area contributed by atoms with Crippen LogP contribution in [-0.4, -0.2) is 30.9 Å². The Labute approximate surface area is 135 Å². The minimum absolute atomic E-state index is 0.194. The van der Waals surface area contributed by atoms with Gasteiger partial charge in [-0.2, -0.15) is 0 Å². The molecule has 2 rings (SSSR count). The fourth-order valence-corrected chi connectivity index (χ4v) is 2.12. The van der Waals surface area contributed by atoms with Gasteiger partial charge in [0.2, 0.25) is 11.8 Å². The largest absolute Gasteiger partial charge is 0.497 e. The zero-order valence-electron chi connectivity index (χ0n) is 13.3. The second-order valence-corrected chi connectivity index (χ2v) is 5.19. The van der Waals surface area contributed by atoms with Gasteiger partial charge in [-0.25, -0.2) is 0 Å². The Morgan fingerprint density at radius 1 is 1.09 bits per heavy atom. The van der Waals surface area contributed by atoms with E-state index >= 15 is 0 Å². The van der Waals surface area contributed by atoms with Crippen molar-refractivity contribution in [2.24, 2.45) is 0 Å². The Balaban J connectivity index is 1.87. The van der Waals surface area contributed by atoms with E-state index in [1.807, 2.05) is 30.3 Å². The average Bonchev–Trinajstić information content (AvgIpc) is 2.55. The summed E-state index contributed by atoms with van der Waals surface area (Å²) in [7, 11) is 3.25. The number of anilines is 1. The summed E-state index contributed by atoms with van der Waals surface area (Å²) in [6.07, 6.45) is -0.194. The van der Waals surface area contributed by atoms with Gasteiger partial charge in [0.15, 0.2) is 0 Å². The third kappa shape index (κ3) is 5.14. The van der Waals surface area contributed by atoms with Gasteiger partial charge in [0.25, 0.3) is 0 Å². The summed E-state index contributed by atoms with van der Waals surface area (Å²) in [5.74, 6) is 0.0766. The standard InChI is InChI=1S/C18H20N2O3/c1-20(13-14-7-4-3-5-8-14)18(22)12-17(21)19-15-9-6-10-16(11-15)23-2/h3-11H,12-13H2,1-2H3,(H,19,21). The average molecular weight is 312 g/mol. The molecule has 120 valence electrons. The van der Waals surface area contributed by atoms with Gasteiger partial charge in [-0.05, 0) is 17.7 Å². The Hall–Kier alpha value is -2.82. The highest BCUT2D eigenvalue weighted by Gasteiger charge is 2.14. The number of amides is 2. The number of nitrogens with zero attached hydrogens (tertiary/aromatic N) is 1. The third-order valence-electron chi connectivity index (χ3n) is 3.35. The highest BCUT2D eigenvalue weighted by Crippen LogP contribution is 2.16. The zero-order chi connectivity index (χ0) is 16.7. The molecule has 0 aromatic heterocycles. The van der Waals surface area contributed by atoms with E-state index in [2.05, 4.69) is 5.32 Å². The molecule has 0 spiro atoms. The molecule has 0 radical (unpaired) electrons. The van der Waals surface area contributed by atoms with E-state index in [0.717, 1.165) is 5.56 Å². The van der Waals surface area contributed by atoms with Crippen molar-refractivity contribution in [2.45, 2.75) is 13.0 Å². The molecule has 0 fully saturated rings. The Bertz CT molecular complexity index is 671. The first-order valence-corrected chi connectivity index (χ1v) is 7.30. The number of methoxy groups -OCH3 is 1. The second kappa shape index (κ2) is 7.98. The second-order valence-electron chi connectivity index (χ2n) is 5.19. The molecule has 0 aliphatic heterocycles. The number of carbonyl (C=O) groups is 2. The highest BCUT2D eigenvalue weighted by molar-refractivity contribution is 6.03. The molecule has 5 nitrogen and oxygen atoms in total. The molecule has 23 heavy (non-hydrogen) atoms. The number of ether oxygens (including phenoxy) is 1. The quantitative estimate of drug-likeness (QED) is 0.834. The minimum atomic E-state index is -0.344. The van der Waals surface area contributed by atoms with Crippen LogP contribution in [0, 0.1) is 0 Å². The zero-order valence-corrected chi connectivity index (χ0v) is 13.3. The maximum Gasteiger partial charge on any atom is 0.233 e. The van der Waals surface area contributed by atoms with Gasteiger partial charge in [0, 0.05) is 25.3 Å². The number of rotatable bonds is 6. The lowest BCUT2D eigenvalue weighted by molar-refractivity contribution is -0.133. The topological polar surface area (TPSA) is 58.6 Å². The predicted molar refractivity (Wildman–Crippen MR) is 89.2 cm³/mol. The fourth-order valence-electron chi connectivity index (χ4n) is 2.12. The predicted octanol–water partition coefficient (Wildman–Crippen LogP) is 2.68. The summed E-state index contributed by atoms with van der Waals surface area (Å²) >= 11 is 0. The molecule has 0 saturated carbocycles. The van der Waals surface area contributed by atoms with E-state index < -0.39 is 0 Å². The van der Waals surface area contributed by atoms with Crippen molar-refractivity contribution >= 4 is 17.5 Å². The van der Waals surface area contributed by atoms with Crippen molar-refractivity contribution in [1.29, 1.82) is 0 Å². The van der Waals surface area contributed by atoms with Gasteiger partial charge in [-0.1, -0.05) is 36.4 Å². The van der Waals surface area contributed by atoms with Crippen LogP contribution in [0.1, 0.15) is 12.0 Å².